The number of hydrogen-bond acceptors (Lipinski definition) is 5. The molecule has 1 saturated carbocycles. The zero-order chi connectivity index (χ0) is 18.4. The minimum absolute atomic E-state index is 0.0181. The van der Waals surface area contributed by atoms with Gasteiger partial charge < -0.3 is 20.1 Å². The van der Waals surface area contributed by atoms with Crippen LogP contribution in [0.4, 0.5) is 18.9 Å². The van der Waals surface area contributed by atoms with Crippen LogP contribution in [-0.2, 0) is 9.53 Å². The first kappa shape index (κ1) is 19.0. The number of nitrogens with one attached hydrogen (secondary N) is 2. The summed E-state index contributed by atoms with van der Waals surface area (Å²) in [6, 6.07) is 3.74. The minimum atomic E-state index is -4.55. The Labute approximate surface area is 142 Å². The highest BCUT2D eigenvalue weighted by atomic mass is 19.4. The minimum Gasteiger partial charge on any atom is -0.482 e. The van der Waals surface area contributed by atoms with E-state index in [0.29, 0.717) is 5.92 Å². The number of rotatable bonds is 8. The van der Waals surface area contributed by atoms with Crippen LogP contribution >= 0.6 is 0 Å². The number of ether oxygens (including phenoxy) is 2. The van der Waals surface area contributed by atoms with Gasteiger partial charge in [-0.05, 0) is 43.5 Å². The third-order valence-electron chi connectivity index (χ3n) is 3.48. The molecule has 6 nitrogen and oxygen atoms in total. The standard InChI is InChI=1S/C16H19F3N2O4/c1-24-15(23)11-4-5-12(13(6-11)25-9-16(17,18)19)21-14(22)8-20-7-10-2-3-10/h4-6,10,20H,2-3,7-9H2,1H3,(H,21,22). The zero-order valence-corrected chi connectivity index (χ0v) is 13.6. The second-order valence-electron chi connectivity index (χ2n) is 5.73. The first-order valence-electron chi connectivity index (χ1n) is 7.71. The summed E-state index contributed by atoms with van der Waals surface area (Å²) in [5, 5.41) is 5.45. The van der Waals surface area contributed by atoms with Gasteiger partial charge in [0.25, 0.3) is 0 Å². The van der Waals surface area contributed by atoms with Gasteiger partial charge in [-0.25, -0.2) is 4.79 Å². The fraction of sp³-hybridized carbons (Fsp3) is 0.500. The van der Waals surface area contributed by atoms with Crippen molar-refractivity contribution in [2.75, 3.05) is 32.1 Å². The van der Waals surface area contributed by atoms with E-state index in [9.17, 15) is 22.8 Å². The highest BCUT2D eigenvalue weighted by Gasteiger charge is 2.29. The third-order valence-corrected chi connectivity index (χ3v) is 3.48. The van der Waals surface area contributed by atoms with Crippen LogP contribution in [0.25, 0.3) is 0 Å². The molecule has 2 rings (SSSR count). The number of halogens is 3. The third kappa shape index (κ3) is 6.61. The molecule has 0 atom stereocenters. The van der Waals surface area contributed by atoms with Crippen molar-refractivity contribution in [3.8, 4) is 5.75 Å². The van der Waals surface area contributed by atoms with Crippen LogP contribution in [0.2, 0.25) is 0 Å². The molecule has 1 aliphatic rings. The number of benzene rings is 1. The van der Waals surface area contributed by atoms with E-state index < -0.39 is 24.7 Å². The zero-order valence-electron chi connectivity index (χ0n) is 13.6. The van der Waals surface area contributed by atoms with Crippen LogP contribution in [0.3, 0.4) is 0 Å². The molecule has 25 heavy (non-hydrogen) atoms. The van der Waals surface area contributed by atoms with E-state index in [0.717, 1.165) is 32.6 Å². The lowest BCUT2D eigenvalue weighted by Gasteiger charge is -2.15. The molecule has 0 bridgehead atoms. The molecule has 1 fully saturated rings. The van der Waals surface area contributed by atoms with Gasteiger partial charge in [0.15, 0.2) is 6.61 Å². The van der Waals surface area contributed by atoms with E-state index in [2.05, 4.69) is 15.4 Å². The summed E-state index contributed by atoms with van der Waals surface area (Å²) in [5.74, 6) is -0.794. The van der Waals surface area contributed by atoms with Crippen molar-refractivity contribution in [1.29, 1.82) is 0 Å². The number of amides is 1. The van der Waals surface area contributed by atoms with Crippen LogP contribution in [-0.4, -0.2) is 44.9 Å². The van der Waals surface area contributed by atoms with Crippen molar-refractivity contribution in [2.45, 2.75) is 19.0 Å². The number of esters is 1. The van der Waals surface area contributed by atoms with E-state index in [1.54, 1.807) is 0 Å². The van der Waals surface area contributed by atoms with Crippen molar-refractivity contribution in [1.82, 2.24) is 5.32 Å². The fourth-order valence-electron chi connectivity index (χ4n) is 2.06. The quantitative estimate of drug-likeness (QED) is 0.696. The molecule has 1 aromatic rings. The molecule has 0 unspecified atom stereocenters. The van der Waals surface area contributed by atoms with Crippen molar-refractivity contribution in [3.63, 3.8) is 0 Å². The van der Waals surface area contributed by atoms with Crippen molar-refractivity contribution in [3.05, 3.63) is 23.8 Å². The van der Waals surface area contributed by atoms with Crippen molar-refractivity contribution >= 4 is 17.6 Å². The Kier molecular flexibility index (Phi) is 6.24. The second kappa shape index (κ2) is 8.19. The Morgan fingerprint density at radius 3 is 2.60 bits per heavy atom. The lowest BCUT2D eigenvalue weighted by Crippen LogP contribution is -2.29. The monoisotopic (exact) mass is 360 g/mol. The molecule has 1 amide bonds. The van der Waals surface area contributed by atoms with Gasteiger partial charge >= 0.3 is 12.1 Å². The highest BCUT2D eigenvalue weighted by molar-refractivity contribution is 5.95. The van der Waals surface area contributed by atoms with Gasteiger partial charge in [0.1, 0.15) is 5.75 Å². The Morgan fingerprint density at radius 1 is 1.28 bits per heavy atom. The Balaban J connectivity index is 2.04. The molecular formula is C16H19F3N2O4. The first-order chi connectivity index (χ1) is 11.8. The van der Waals surface area contributed by atoms with Gasteiger partial charge in [0, 0.05) is 0 Å². The maximum absolute atomic E-state index is 12.4. The molecule has 0 aliphatic heterocycles. The van der Waals surface area contributed by atoms with E-state index in [1.165, 1.54) is 12.1 Å². The molecule has 0 aromatic heterocycles. The number of anilines is 1. The van der Waals surface area contributed by atoms with Gasteiger partial charge in [0.05, 0.1) is 24.9 Å². The Hall–Kier alpha value is -2.29. The van der Waals surface area contributed by atoms with Gasteiger partial charge in [-0.2, -0.15) is 13.2 Å². The van der Waals surface area contributed by atoms with Crippen LogP contribution < -0.4 is 15.4 Å². The number of methoxy groups -OCH3 is 1. The van der Waals surface area contributed by atoms with E-state index >= 15 is 0 Å². The summed E-state index contributed by atoms with van der Waals surface area (Å²) in [6.07, 6.45) is -2.27. The molecule has 1 aromatic carbocycles. The predicted molar refractivity (Wildman–Crippen MR) is 83.6 cm³/mol. The summed E-state index contributed by atoms with van der Waals surface area (Å²) in [6.45, 7) is -0.777. The lowest BCUT2D eigenvalue weighted by atomic mass is 10.2. The van der Waals surface area contributed by atoms with Gasteiger partial charge in [-0.3, -0.25) is 4.79 Å². The maximum Gasteiger partial charge on any atom is 0.422 e. The molecule has 1 aliphatic carbocycles. The lowest BCUT2D eigenvalue weighted by molar-refractivity contribution is -0.153. The number of hydrogen-bond donors (Lipinski definition) is 2. The molecule has 9 heteroatoms. The summed E-state index contributed by atoms with van der Waals surface area (Å²) >= 11 is 0. The predicted octanol–water partition coefficient (Wildman–Crippen LogP) is 2.35. The topological polar surface area (TPSA) is 76.7 Å². The average molecular weight is 360 g/mol. The number of carbonyl (C=O) groups is 2. The summed E-state index contributed by atoms with van der Waals surface area (Å²) in [7, 11) is 1.15. The molecule has 138 valence electrons. The van der Waals surface area contributed by atoms with Crippen LogP contribution in [0.5, 0.6) is 5.75 Å². The number of alkyl halides is 3. The second-order valence-corrected chi connectivity index (χ2v) is 5.73. The summed E-state index contributed by atoms with van der Waals surface area (Å²) in [4.78, 5) is 23.4. The SMILES string of the molecule is COC(=O)c1ccc(NC(=O)CNCC2CC2)c(OCC(F)(F)F)c1. The molecule has 0 radical (unpaired) electrons. The largest absolute Gasteiger partial charge is 0.482 e. The fourth-order valence-corrected chi connectivity index (χ4v) is 2.06. The molecule has 0 heterocycles. The van der Waals surface area contributed by atoms with Gasteiger partial charge in [-0.15, -0.1) is 0 Å². The molecule has 0 spiro atoms. The van der Waals surface area contributed by atoms with E-state index in [1.807, 2.05) is 0 Å². The van der Waals surface area contributed by atoms with Crippen LogP contribution in [0.15, 0.2) is 18.2 Å². The van der Waals surface area contributed by atoms with Crippen LogP contribution in [0, 0.1) is 5.92 Å². The smallest absolute Gasteiger partial charge is 0.422 e. The molecular weight excluding hydrogens is 341 g/mol. The Bertz CT molecular complexity index is 630. The maximum atomic E-state index is 12.4. The summed E-state index contributed by atoms with van der Waals surface area (Å²) < 4.78 is 46.4. The summed E-state index contributed by atoms with van der Waals surface area (Å²) in [5.41, 5.74) is 0.0691. The highest BCUT2D eigenvalue weighted by Crippen LogP contribution is 2.29. The Morgan fingerprint density at radius 2 is 2.00 bits per heavy atom. The van der Waals surface area contributed by atoms with Gasteiger partial charge in [0.2, 0.25) is 5.91 Å². The van der Waals surface area contributed by atoms with E-state index in [4.69, 9.17) is 4.74 Å². The normalized spacial score (nSPS) is 14.1. The molecule has 2 N–H and O–H groups in total. The van der Waals surface area contributed by atoms with Gasteiger partial charge in [-0.1, -0.05) is 0 Å². The van der Waals surface area contributed by atoms with Crippen LogP contribution in [0.1, 0.15) is 23.2 Å². The van der Waals surface area contributed by atoms with Crippen molar-refractivity contribution in [2.24, 2.45) is 5.92 Å². The first-order valence-corrected chi connectivity index (χ1v) is 7.71. The average Bonchev–Trinajstić information content (AvgIpc) is 3.36. The van der Waals surface area contributed by atoms with E-state index in [-0.39, 0.29) is 23.5 Å². The molecule has 0 saturated heterocycles. The number of carbonyl (C=O) groups excluding carboxylic acids is 2. The van der Waals surface area contributed by atoms with Crippen molar-refractivity contribution < 1.29 is 32.2 Å².